The first-order chi connectivity index (χ1) is 9.49. The van der Waals surface area contributed by atoms with Crippen LogP contribution >= 0.6 is 0 Å². The quantitative estimate of drug-likeness (QED) is 0.666. The van der Waals surface area contributed by atoms with Crippen molar-refractivity contribution in [2.24, 2.45) is 5.41 Å². The molecule has 1 saturated heterocycles. The Morgan fingerprint density at radius 3 is 2.65 bits per heavy atom. The van der Waals surface area contributed by atoms with Gasteiger partial charge in [-0.15, -0.1) is 0 Å². The first-order valence-corrected chi connectivity index (χ1v) is 7.33. The van der Waals surface area contributed by atoms with Crippen molar-refractivity contribution >= 4 is 12.0 Å². The van der Waals surface area contributed by atoms with Crippen LogP contribution in [0.2, 0.25) is 0 Å². The number of carbonyl (C=O) groups excluding carboxylic acids is 1. The van der Waals surface area contributed by atoms with E-state index in [1.807, 2.05) is 0 Å². The number of nitrogens with one attached hydrogen (secondary N) is 1. The van der Waals surface area contributed by atoms with Gasteiger partial charge in [-0.05, 0) is 26.2 Å². The first kappa shape index (κ1) is 16.8. The summed E-state index contributed by atoms with van der Waals surface area (Å²) in [6.45, 7) is 6.56. The Balaban J connectivity index is 2.13. The fraction of sp³-hybridized carbons (Fsp3) is 0.857. The summed E-state index contributed by atoms with van der Waals surface area (Å²) >= 11 is 0. The summed E-state index contributed by atoms with van der Waals surface area (Å²) < 4.78 is 5.40. The minimum atomic E-state index is -0.836. The Labute approximate surface area is 120 Å². The highest BCUT2D eigenvalue weighted by Gasteiger charge is 2.42. The number of amides is 2. The second-order valence-corrected chi connectivity index (χ2v) is 5.59. The molecule has 0 aromatic rings. The summed E-state index contributed by atoms with van der Waals surface area (Å²) in [7, 11) is 0. The molecule has 0 aromatic carbocycles. The number of nitrogens with zero attached hydrogens (tertiary/aromatic N) is 1. The van der Waals surface area contributed by atoms with Crippen molar-refractivity contribution in [1.29, 1.82) is 0 Å². The van der Waals surface area contributed by atoms with E-state index >= 15 is 0 Å². The minimum absolute atomic E-state index is 0.177. The van der Waals surface area contributed by atoms with E-state index in [4.69, 9.17) is 9.84 Å². The molecule has 1 fully saturated rings. The largest absolute Gasteiger partial charge is 0.481 e. The number of hydrogen-bond acceptors (Lipinski definition) is 3. The zero-order valence-electron chi connectivity index (χ0n) is 12.5. The van der Waals surface area contributed by atoms with Crippen molar-refractivity contribution in [3.05, 3.63) is 0 Å². The Kier molecular flexibility index (Phi) is 6.78. The summed E-state index contributed by atoms with van der Waals surface area (Å²) in [6, 6.07) is -0.177. The summed E-state index contributed by atoms with van der Waals surface area (Å²) in [5.74, 6) is -0.836. The van der Waals surface area contributed by atoms with Gasteiger partial charge in [-0.2, -0.15) is 0 Å². The molecule has 1 unspecified atom stereocenters. The van der Waals surface area contributed by atoms with Crippen LogP contribution in [-0.4, -0.2) is 54.9 Å². The molecule has 0 aliphatic carbocycles. The molecule has 0 aromatic heterocycles. The van der Waals surface area contributed by atoms with Crippen LogP contribution < -0.4 is 5.32 Å². The molecule has 2 N–H and O–H groups in total. The predicted molar refractivity (Wildman–Crippen MR) is 75.7 cm³/mol. The zero-order chi connectivity index (χ0) is 15.0. The van der Waals surface area contributed by atoms with Gasteiger partial charge in [0.05, 0.1) is 5.41 Å². The number of urea groups is 1. The fourth-order valence-corrected chi connectivity index (χ4v) is 2.14. The lowest BCUT2D eigenvalue weighted by Crippen LogP contribution is -2.41. The summed E-state index contributed by atoms with van der Waals surface area (Å²) in [5, 5.41) is 11.9. The number of carboxylic acids is 1. The normalized spacial score (nSPS) is 22.0. The predicted octanol–water partition coefficient (Wildman–Crippen LogP) is 1.70. The van der Waals surface area contributed by atoms with Gasteiger partial charge in [0, 0.05) is 32.8 Å². The number of ether oxygens (including phenoxy) is 1. The SMILES string of the molecule is CCCCOCCCNC(=O)N1CCC(C)(C(=O)O)C1. The van der Waals surface area contributed by atoms with E-state index in [2.05, 4.69) is 12.2 Å². The summed E-state index contributed by atoms with van der Waals surface area (Å²) in [5.41, 5.74) is -0.805. The molecule has 1 aliphatic rings. The van der Waals surface area contributed by atoms with Gasteiger partial charge in [0.25, 0.3) is 0 Å². The van der Waals surface area contributed by atoms with E-state index in [1.165, 1.54) is 0 Å². The lowest BCUT2D eigenvalue weighted by molar-refractivity contribution is -0.146. The van der Waals surface area contributed by atoms with Crippen LogP contribution in [0.15, 0.2) is 0 Å². The molecule has 1 heterocycles. The maximum atomic E-state index is 11.9. The van der Waals surface area contributed by atoms with Crippen molar-refractivity contribution in [2.45, 2.75) is 39.5 Å². The highest BCUT2D eigenvalue weighted by atomic mass is 16.5. The van der Waals surface area contributed by atoms with Gasteiger partial charge < -0.3 is 20.1 Å². The highest BCUT2D eigenvalue weighted by Crippen LogP contribution is 2.29. The third-order valence-corrected chi connectivity index (χ3v) is 3.66. The van der Waals surface area contributed by atoms with Gasteiger partial charge in [0.2, 0.25) is 0 Å². The lowest BCUT2D eigenvalue weighted by Gasteiger charge is -2.20. The van der Waals surface area contributed by atoms with Crippen LogP contribution in [-0.2, 0) is 9.53 Å². The molecule has 1 rings (SSSR count). The van der Waals surface area contributed by atoms with Crippen molar-refractivity contribution in [2.75, 3.05) is 32.8 Å². The monoisotopic (exact) mass is 286 g/mol. The van der Waals surface area contributed by atoms with Gasteiger partial charge in [0.15, 0.2) is 0 Å². The molecule has 2 amide bonds. The standard InChI is InChI=1S/C14H26N2O4/c1-3-4-9-20-10-5-7-15-13(19)16-8-6-14(2,11-16)12(17)18/h3-11H2,1-2H3,(H,15,19)(H,17,18). The smallest absolute Gasteiger partial charge is 0.317 e. The van der Waals surface area contributed by atoms with E-state index in [1.54, 1.807) is 11.8 Å². The van der Waals surface area contributed by atoms with Gasteiger partial charge in [-0.25, -0.2) is 4.79 Å². The second kappa shape index (κ2) is 8.09. The first-order valence-electron chi connectivity index (χ1n) is 7.33. The maximum absolute atomic E-state index is 11.9. The van der Waals surface area contributed by atoms with Crippen LogP contribution in [0.1, 0.15) is 39.5 Å². The number of carboxylic acid groups (broad SMARTS) is 1. The maximum Gasteiger partial charge on any atom is 0.317 e. The van der Waals surface area contributed by atoms with Crippen LogP contribution in [0.25, 0.3) is 0 Å². The van der Waals surface area contributed by atoms with Gasteiger partial charge in [-0.3, -0.25) is 4.79 Å². The van der Waals surface area contributed by atoms with Crippen molar-refractivity contribution in [1.82, 2.24) is 10.2 Å². The average Bonchev–Trinajstić information content (AvgIpc) is 2.82. The fourth-order valence-electron chi connectivity index (χ4n) is 2.14. The number of likely N-dealkylation sites (tertiary alicyclic amines) is 1. The molecule has 20 heavy (non-hydrogen) atoms. The number of unbranched alkanes of at least 4 members (excludes halogenated alkanes) is 1. The van der Waals surface area contributed by atoms with Crippen molar-refractivity contribution < 1.29 is 19.4 Å². The molecule has 0 spiro atoms. The molecule has 1 aliphatic heterocycles. The molecular formula is C14H26N2O4. The van der Waals surface area contributed by atoms with Crippen LogP contribution in [0.5, 0.6) is 0 Å². The molecule has 0 saturated carbocycles. The summed E-state index contributed by atoms with van der Waals surface area (Å²) in [4.78, 5) is 24.5. The number of hydrogen-bond donors (Lipinski definition) is 2. The third-order valence-electron chi connectivity index (χ3n) is 3.66. The van der Waals surface area contributed by atoms with E-state index in [0.29, 0.717) is 26.1 Å². The second-order valence-electron chi connectivity index (χ2n) is 5.59. The molecule has 116 valence electrons. The molecular weight excluding hydrogens is 260 g/mol. The lowest BCUT2D eigenvalue weighted by atomic mass is 9.90. The van der Waals surface area contributed by atoms with Crippen LogP contribution in [0.4, 0.5) is 4.79 Å². The topological polar surface area (TPSA) is 78.9 Å². The molecule has 6 nitrogen and oxygen atoms in total. The highest BCUT2D eigenvalue weighted by molar-refractivity contribution is 5.79. The Morgan fingerprint density at radius 2 is 2.05 bits per heavy atom. The Morgan fingerprint density at radius 1 is 1.35 bits per heavy atom. The zero-order valence-corrected chi connectivity index (χ0v) is 12.5. The number of aliphatic carboxylic acids is 1. The van der Waals surface area contributed by atoms with E-state index in [-0.39, 0.29) is 12.6 Å². The molecule has 1 atom stereocenters. The van der Waals surface area contributed by atoms with Gasteiger partial charge >= 0.3 is 12.0 Å². The summed E-state index contributed by atoms with van der Waals surface area (Å²) in [6.07, 6.45) is 3.47. The van der Waals surface area contributed by atoms with Crippen molar-refractivity contribution in [3.8, 4) is 0 Å². The van der Waals surface area contributed by atoms with E-state index in [9.17, 15) is 9.59 Å². The van der Waals surface area contributed by atoms with Crippen LogP contribution in [0, 0.1) is 5.41 Å². The molecule has 0 radical (unpaired) electrons. The van der Waals surface area contributed by atoms with E-state index in [0.717, 1.165) is 25.9 Å². The number of carbonyl (C=O) groups is 2. The Hall–Kier alpha value is -1.30. The third kappa shape index (κ3) is 5.00. The van der Waals surface area contributed by atoms with Crippen molar-refractivity contribution in [3.63, 3.8) is 0 Å². The number of rotatable bonds is 8. The molecule has 0 bridgehead atoms. The molecule has 6 heteroatoms. The minimum Gasteiger partial charge on any atom is -0.481 e. The van der Waals surface area contributed by atoms with Gasteiger partial charge in [-0.1, -0.05) is 13.3 Å². The Bertz CT molecular complexity index is 335. The van der Waals surface area contributed by atoms with Crippen LogP contribution in [0.3, 0.4) is 0 Å². The van der Waals surface area contributed by atoms with Gasteiger partial charge in [0.1, 0.15) is 0 Å². The van der Waals surface area contributed by atoms with E-state index < -0.39 is 11.4 Å². The average molecular weight is 286 g/mol.